The lowest BCUT2D eigenvalue weighted by molar-refractivity contribution is -0.697. The summed E-state index contributed by atoms with van der Waals surface area (Å²) < 4.78 is 19.0. The van der Waals surface area contributed by atoms with Crippen LogP contribution < -0.4 is 9.13 Å². The van der Waals surface area contributed by atoms with Crippen LogP contribution >= 0.6 is 0 Å². The number of aromatic nitrogens is 4. The fourth-order valence-electron chi connectivity index (χ4n) is 2.30. The van der Waals surface area contributed by atoms with Crippen molar-refractivity contribution in [2.24, 2.45) is 0 Å². The molecule has 2 N–H and O–H groups in total. The number of ether oxygens (including phenoxy) is 2. The van der Waals surface area contributed by atoms with Gasteiger partial charge in [0.2, 0.25) is 12.7 Å². The smallest absolute Gasteiger partial charge is 0.243 e. The molecule has 0 saturated heterocycles. The molecule has 0 amide bonds. The SMILES string of the molecule is OCC[n+]1ccn(CCOCCOCCn2cc[n+](CCO)c2)c1. The van der Waals surface area contributed by atoms with Crippen molar-refractivity contribution in [3.05, 3.63) is 37.4 Å². The topological polar surface area (TPSA) is 76.5 Å². The molecular formula is C16H28N4O4+2. The Morgan fingerprint density at radius 2 is 1.17 bits per heavy atom. The van der Waals surface area contributed by atoms with Crippen molar-refractivity contribution in [3.8, 4) is 0 Å². The third-order valence-electron chi connectivity index (χ3n) is 3.57. The van der Waals surface area contributed by atoms with Crippen LogP contribution in [-0.2, 0) is 35.7 Å². The molecule has 0 aliphatic carbocycles. The summed E-state index contributed by atoms with van der Waals surface area (Å²) in [6.45, 7) is 5.51. The first-order valence-electron chi connectivity index (χ1n) is 8.28. The quantitative estimate of drug-likeness (QED) is 0.347. The molecule has 0 aromatic carbocycles. The zero-order valence-corrected chi connectivity index (χ0v) is 14.0. The van der Waals surface area contributed by atoms with Crippen LogP contribution in [0.5, 0.6) is 0 Å². The van der Waals surface area contributed by atoms with Gasteiger partial charge in [-0.2, -0.15) is 0 Å². The second kappa shape index (κ2) is 10.9. The highest BCUT2D eigenvalue weighted by atomic mass is 16.5. The minimum Gasteiger partial charge on any atom is -0.392 e. The van der Waals surface area contributed by atoms with E-state index < -0.39 is 0 Å². The van der Waals surface area contributed by atoms with E-state index in [1.807, 2.05) is 55.7 Å². The van der Waals surface area contributed by atoms with Crippen molar-refractivity contribution < 1.29 is 28.8 Å². The Bertz CT molecular complexity index is 520. The molecular weight excluding hydrogens is 312 g/mol. The summed E-state index contributed by atoms with van der Waals surface area (Å²) in [6.07, 6.45) is 11.7. The minimum atomic E-state index is 0.146. The van der Waals surface area contributed by atoms with E-state index in [9.17, 15) is 0 Å². The van der Waals surface area contributed by atoms with Crippen molar-refractivity contribution in [1.82, 2.24) is 9.13 Å². The summed E-state index contributed by atoms with van der Waals surface area (Å²) in [4.78, 5) is 0. The van der Waals surface area contributed by atoms with Crippen molar-refractivity contribution >= 4 is 0 Å². The number of hydrogen-bond donors (Lipinski definition) is 2. The van der Waals surface area contributed by atoms with Gasteiger partial charge in [-0.05, 0) is 0 Å². The predicted octanol–water partition coefficient (Wildman–Crippen LogP) is -1.42. The molecule has 0 fully saturated rings. The molecule has 0 atom stereocenters. The van der Waals surface area contributed by atoms with E-state index in [0.717, 1.165) is 13.1 Å². The number of aliphatic hydroxyl groups is 2. The third kappa shape index (κ3) is 6.79. The van der Waals surface area contributed by atoms with Gasteiger partial charge >= 0.3 is 0 Å². The molecule has 0 unspecified atom stereocenters. The Hall–Kier alpha value is -1.74. The fraction of sp³-hybridized carbons (Fsp3) is 0.625. The first-order chi connectivity index (χ1) is 11.8. The molecule has 0 aliphatic heterocycles. The molecule has 2 heterocycles. The van der Waals surface area contributed by atoms with Gasteiger partial charge in [0.05, 0.1) is 39.6 Å². The zero-order chi connectivity index (χ0) is 17.0. The highest BCUT2D eigenvalue weighted by Gasteiger charge is 2.04. The number of rotatable bonds is 13. The monoisotopic (exact) mass is 340 g/mol. The molecule has 0 aliphatic rings. The first kappa shape index (κ1) is 18.6. The van der Waals surface area contributed by atoms with Crippen LogP contribution in [0, 0.1) is 0 Å². The molecule has 134 valence electrons. The maximum Gasteiger partial charge on any atom is 0.243 e. The van der Waals surface area contributed by atoms with Gasteiger partial charge in [0.15, 0.2) is 0 Å². The lowest BCUT2D eigenvalue weighted by Crippen LogP contribution is -2.33. The molecule has 8 nitrogen and oxygen atoms in total. The Morgan fingerprint density at radius 3 is 1.58 bits per heavy atom. The molecule has 8 heteroatoms. The van der Waals surface area contributed by atoms with E-state index in [1.54, 1.807) is 0 Å². The van der Waals surface area contributed by atoms with Gasteiger partial charge in [-0.25, -0.2) is 18.3 Å². The number of aliphatic hydroxyl groups excluding tert-OH is 2. The van der Waals surface area contributed by atoms with E-state index in [4.69, 9.17) is 19.7 Å². The molecule has 24 heavy (non-hydrogen) atoms. The fourth-order valence-corrected chi connectivity index (χ4v) is 2.30. The molecule has 2 aromatic heterocycles. The standard InChI is InChI=1S/C16H28N4O4/c21-9-5-17-1-3-19(15-17)7-11-23-13-14-24-12-8-20-4-2-18(16-20)6-10-22/h1-4,15-16,21-22H,5-14H2/q+2. The van der Waals surface area contributed by atoms with Gasteiger partial charge in [0, 0.05) is 0 Å². The van der Waals surface area contributed by atoms with Crippen LogP contribution in [0.1, 0.15) is 0 Å². The average molecular weight is 340 g/mol. The van der Waals surface area contributed by atoms with Gasteiger partial charge < -0.3 is 19.7 Å². The van der Waals surface area contributed by atoms with Crippen molar-refractivity contribution in [3.63, 3.8) is 0 Å². The summed E-state index contributed by atoms with van der Waals surface area (Å²) in [5, 5.41) is 17.7. The lowest BCUT2D eigenvalue weighted by atomic mass is 10.6. The molecule has 0 radical (unpaired) electrons. The lowest BCUT2D eigenvalue weighted by Gasteiger charge is -2.04. The first-order valence-corrected chi connectivity index (χ1v) is 8.28. The number of hydrogen-bond acceptors (Lipinski definition) is 4. The maximum absolute atomic E-state index is 8.86. The summed E-state index contributed by atoms with van der Waals surface area (Å²) in [6, 6.07) is 0. The third-order valence-corrected chi connectivity index (χ3v) is 3.57. The molecule has 0 spiro atoms. The van der Waals surface area contributed by atoms with Gasteiger partial charge in [0.1, 0.15) is 51.0 Å². The Labute approximate surface area is 142 Å². The second-order valence-electron chi connectivity index (χ2n) is 5.45. The molecule has 2 aromatic rings. The summed E-state index contributed by atoms with van der Waals surface area (Å²) in [5.74, 6) is 0. The van der Waals surface area contributed by atoms with Gasteiger partial charge in [-0.3, -0.25) is 0 Å². The van der Waals surface area contributed by atoms with E-state index >= 15 is 0 Å². The maximum atomic E-state index is 8.86. The van der Waals surface area contributed by atoms with Crippen LogP contribution in [0.4, 0.5) is 0 Å². The summed E-state index contributed by atoms with van der Waals surface area (Å²) in [7, 11) is 0. The van der Waals surface area contributed by atoms with E-state index in [0.29, 0.717) is 39.5 Å². The van der Waals surface area contributed by atoms with Crippen LogP contribution in [0.2, 0.25) is 0 Å². The molecule has 0 saturated carbocycles. The van der Waals surface area contributed by atoms with Crippen molar-refractivity contribution in [1.29, 1.82) is 0 Å². The van der Waals surface area contributed by atoms with Gasteiger partial charge in [-0.1, -0.05) is 0 Å². The normalized spacial score (nSPS) is 11.2. The summed E-state index contributed by atoms with van der Waals surface area (Å²) >= 11 is 0. The number of imidazole rings is 2. The van der Waals surface area contributed by atoms with Gasteiger partial charge in [0.25, 0.3) is 0 Å². The van der Waals surface area contributed by atoms with Crippen LogP contribution in [0.15, 0.2) is 37.4 Å². The Kier molecular flexibility index (Phi) is 8.47. The second-order valence-corrected chi connectivity index (χ2v) is 5.45. The minimum absolute atomic E-state index is 0.146. The van der Waals surface area contributed by atoms with Crippen molar-refractivity contribution in [2.75, 3.05) is 39.6 Å². The molecule has 2 rings (SSSR count). The van der Waals surface area contributed by atoms with Gasteiger partial charge in [-0.15, -0.1) is 0 Å². The Morgan fingerprint density at radius 1 is 0.708 bits per heavy atom. The Balaban J connectivity index is 1.46. The zero-order valence-electron chi connectivity index (χ0n) is 14.0. The molecule has 0 bridgehead atoms. The van der Waals surface area contributed by atoms with E-state index in [-0.39, 0.29) is 13.2 Å². The largest absolute Gasteiger partial charge is 0.392 e. The highest BCUT2D eigenvalue weighted by Crippen LogP contribution is 1.89. The predicted molar refractivity (Wildman–Crippen MR) is 85.1 cm³/mol. The van der Waals surface area contributed by atoms with Crippen molar-refractivity contribution in [2.45, 2.75) is 26.2 Å². The van der Waals surface area contributed by atoms with E-state index in [2.05, 4.69) is 0 Å². The average Bonchev–Trinajstić information content (AvgIpc) is 3.20. The highest BCUT2D eigenvalue weighted by molar-refractivity contribution is 4.66. The van der Waals surface area contributed by atoms with Crippen LogP contribution in [0.3, 0.4) is 0 Å². The number of nitrogens with zero attached hydrogens (tertiary/aromatic N) is 4. The van der Waals surface area contributed by atoms with Crippen LogP contribution in [0.25, 0.3) is 0 Å². The van der Waals surface area contributed by atoms with E-state index in [1.165, 1.54) is 0 Å². The summed E-state index contributed by atoms with van der Waals surface area (Å²) in [5.41, 5.74) is 0. The van der Waals surface area contributed by atoms with Crippen LogP contribution in [-0.4, -0.2) is 59.0 Å².